The molecule has 1 aliphatic rings. The lowest BCUT2D eigenvalue weighted by Gasteiger charge is -2.14. The number of methoxy groups -OCH3 is 1. The van der Waals surface area contributed by atoms with Crippen LogP contribution in [0.5, 0.6) is 5.75 Å². The molecule has 1 aliphatic heterocycles. The molecule has 0 bridgehead atoms. The van der Waals surface area contributed by atoms with Crippen molar-refractivity contribution in [2.75, 3.05) is 33.4 Å². The molecule has 1 N–H and O–H groups in total. The van der Waals surface area contributed by atoms with Crippen LogP contribution in [0.3, 0.4) is 0 Å². The summed E-state index contributed by atoms with van der Waals surface area (Å²) in [6.07, 6.45) is 0. The molecule has 1 aromatic rings. The van der Waals surface area contributed by atoms with Gasteiger partial charge in [-0.3, -0.25) is 0 Å². The summed E-state index contributed by atoms with van der Waals surface area (Å²) in [4.78, 5) is 0. The van der Waals surface area contributed by atoms with E-state index < -0.39 is 0 Å². The van der Waals surface area contributed by atoms with Gasteiger partial charge < -0.3 is 14.8 Å². The molecular formula is C12H16FNO2. The lowest BCUT2D eigenvalue weighted by atomic mass is 10.00. The minimum atomic E-state index is -0.316. The quantitative estimate of drug-likeness (QED) is 0.828. The molecule has 2 rings (SSSR count). The SMILES string of the molecule is COc1ccc(C2CNCCOC2)cc1F. The zero-order chi connectivity index (χ0) is 11.4. The summed E-state index contributed by atoms with van der Waals surface area (Å²) in [7, 11) is 1.47. The van der Waals surface area contributed by atoms with Crippen LogP contribution in [0.25, 0.3) is 0 Å². The van der Waals surface area contributed by atoms with Crippen molar-refractivity contribution in [3.63, 3.8) is 0 Å². The van der Waals surface area contributed by atoms with Crippen molar-refractivity contribution in [3.8, 4) is 5.75 Å². The molecule has 4 heteroatoms. The Morgan fingerprint density at radius 1 is 1.50 bits per heavy atom. The van der Waals surface area contributed by atoms with Crippen LogP contribution in [0.1, 0.15) is 11.5 Å². The molecule has 0 radical (unpaired) electrons. The molecule has 1 heterocycles. The lowest BCUT2D eigenvalue weighted by Crippen LogP contribution is -2.21. The van der Waals surface area contributed by atoms with Crippen LogP contribution in [-0.4, -0.2) is 33.4 Å². The average Bonchev–Trinajstić information content (AvgIpc) is 2.57. The maximum absolute atomic E-state index is 13.5. The molecule has 0 aromatic heterocycles. The summed E-state index contributed by atoms with van der Waals surface area (Å²) in [5, 5.41) is 3.27. The van der Waals surface area contributed by atoms with Gasteiger partial charge in [0.1, 0.15) is 0 Å². The molecule has 3 nitrogen and oxygen atoms in total. The maximum Gasteiger partial charge on any atom is 0.165 e. The van der Waals surface area contributed by atoms with Crippen molar-refractivity contribution in [2.24, 2.45) is 0 Å². The first-order valence-corrected chi connectivity index (χ1v) is 5.43. The van der Waals surface area contributed by atoms with Crippen LogP contribution in [-0.2, 0) is 4.74 Å². The van der Waals surface area contributed by atoms with Crippen LogP contribution in [0, 0.1) is 5.82 Å². The van der Waals surface area contributed by atoms with E-state index in [2.05, 4.69) is 5.32 Å². The van der Waals surface area contributed by atoms with E-state index in [1.165, 1.54) is 13.2 Å². The normalized spacial score (nSPS) is 21.5. The van der Waals surface area contributed by atoms with E-state index in [1.807, 2.05) is 6.07 Å². The highest BCUT2D eigenvalue weighted by molar-refractivity contribution is 5.31. The Morgan fingerprint density at radius 2 is 2.38 bits per heavy atom. The third-order valence-corrected chi connectivity index (χ3v) is 2.78. The number of hydrogen-bond acceptors (Lipinski definition) is 3. The number of halogens is 1. The van der Waals surface area contributed by atoms with Gasteiger partial charge in [-0.2, -0.15) is 0 Å². The van der Waals surface area contributed by atoms with Gasteiger partial charge in [-0.05, 0) is 17.7 Å². The van der Waals surface area contributed by atoms with E-state index in [-0.39, 0.29) is 17.5 Å². The molecule has 88 valence electrons. The first kappa shape index (κ1) is 11.4. The van der Waals surface area contributed by atoms with Crippen molar-refractivity contribution >= 4 is 0 Å². The zero-order valence-electron chi connectivity index (χ0n) is 9.33. The highest BCUT2D eigenvalue weighted by Gasteiger charge is 2.16. The van der Waals surface area contributed by atoms with Crippen molar-refractivity contribution in [1.82, 2.24) is 5.32 Å². The standard InChI is InChI=1S/C12H16FNO2/c1-15-12-3-2-9(6-11(12)13)10-7-14-4-5-16-8-10/h2-3,6,10,14H,4-5,7-8H2,1H3. The molecule has 0 spiro atoms. The van der Waals surface area contributed by atoms with Gasteiger partial charge in [-0.15, -0.1) is 0 Å². The number of nitrogens with one attached hydrogen (secondary N) is 1. The number of hydrogen-bond donors (Lipinski definition) is 1. The third-order valence-electron chi connectivity index (χ3n) is 2.78. The van der Waals surface area contributed by atoms with E-state index >= 15 is 0 Å². The number of rotatable bonds is 2. The number of ether oxygens (including phenoxy) is 2. The first-order valence-electron chi connectivity index (χ1n) is 5.43. The van der Waals surface area contributed by atoms with Crippen molar-refractivity contribution in [1.29, 1.82) is 0 Å². The molecule has 0 aliphatic carbocycles. The second-order valence-electron chi connectivity index (χ2n) is 3.87. The van der Waals surface area contributed by atoms with Crippen LogP contribution in [0.15, 0.2) is 18.2 Å². The smallest absolute Gasteiger partial charge is 0.165 e. The van der Waals surface area contributed by atoms with Gasteiger partial charge in [0.2, 0.25) is 0 Å². The number of benzene rings is 1. The Labute approximate surface area is 94.6 Å². The minimum Gasteiger partial charge on any atom is -0.494 e. The lowest BCUT2D eigenvalue weighted by molar-refractivity contribution is 0.141. The molecule has 1 fully saturated rings. The van der Waals surface area contributed by atoms with Crippen molar-refractivity contribution in [3.05, 3.63) is 29.6 Å². The molecule has 1 unspecified atom stereocenters. The predicted octanol–water partition coefficient (Wildman–Crippen LogP) is 1.54. The molecule has 0 amide bonds. The fourth-order valence-electron chi connectivity index (χ4n) is 1.86. The molecule has 1 saturated heterocycles. The van der Waals surface area contributed by atoms with Crippen molar-refractivity contribution in [2.45, 2.75) is 5.92 Å². The zero-order valence-corrected chi connectivity index (χ0v) is 9.33. The summed E-state index contributed by atoms with van der Waals surface area (Å²) < 4.78 is 23.9. The molecule has 16 heavy (non-hydrogen) atoms. The van der Waals surface area contributed by atoms with E-state index in [0.717, 1.165) is 25.3 Å². The summed E-state index contributed by atoms with van der Waals surface area (Å²) in [5.41, 5.74) is 0.952. The molecule has 0 saturated carbocycles. The second kappa shape index (κ2) is 5.27. The maximum atomic E-state index is 13.5. The second-order valence-corrected chi connectivity index (χ2v) is 3.87. The van der Waals surface area contributed by atoms with Gasteiger partial charge in [0, 0.05) is 19.0 Å². The molecule has 1 aromatic carbocycles. The Morgan fingerprint density at radius 3 is 3.12 bits per heavy atom. The Hall–Kier alpha value is -1.13. The van der Waals surface area contributed by atoms with Crippen LogP contribution in [0.2, 0.25) is 0 Å². The predicted molar refractivity (Wildman–Crippen MR) is 59.4 cm³/mol. The van der Waals surface area contributed by atoms with Gasteiger partial charge in [0.15, 0.2) is 11.6 Å². The van der Waals surface area contributed by atoms with Crippen molar-refractivity contribution < 1.29 is 13.9 Å². The van der Waals surface area contributed by atoms with Gasteiger partial charge in [-0.1, -0.05) is 6.07 Å². The minimum absolute atomic E-state index is 0.211. The van der Waals surface area contributed by atoms with E-state index in [0.29, 0.717) is 6.61 Å². The fraction of sp³-hybridized carbons (Fsp3) is 0.500. The topological polar surface area (TPSA) is 30.5 Å². The molecule has 1 atom stereocenters. The van der Waals surface area contributed by atoms with Crippen LogP contribution >= 0.6 is 0 Å². The third kappa shape index (κ3) is 2.51. The summed E-state index contributed by atoms with van der Waals surface area (Å²) in [6, 6.07) is 5.08. The van der Waals surface area contributed by atoms with Gasteiger partial charge >= 0.3 is 0 Å². The van der Waals surface area contributed by atoms with E-state index in [1.54, 1.807) is 6.07 Å². The highest BCUT2D eigenvalue weighted by Crippen LogP contribution is 2.23. The summed E-state index contributed by atoms with van der Waals surface area (Å²) in [5.74, 6) is 0.179. The van der Waals surface area contributed by atoms with Gasteiger partial charge in [0.05, 0.1) is 20.3 Å². The first-order chi connectivity index (χ1) is 7.81. The Balaban J connectivity index is 2.16. The highest BCUT2D eigenvalue weighted by atomic mass is 19.1. The fourth-order valence-corrected chi connectivity index (χ4v) is 1.86. The summed E-state index contributed by atoms with van der Waals surface area (Å²) >= 11 is 0. The largest absolute Gasteiger partial charge is 0.494 e. The van der Waals surface area contributed by atoms with E-state index in [4.69, 9.17) is 9.47 Å². The van der Waals surface area contributed by atoms with Crippen LogP contribution in [0.4, 0.5) is 4.39 Å². The average molecular weight is 225 g/mol. The monoisotopic (exact) mass is 225 g/mol. The summed E-state index contributed by atoms with van der Waals surface area (Å²) in [6.45, 7) is 3.04. The van der Waals surface area contributed by atoms with Gasteiger partial charge in [-0.25, -0.2) is 4.39 Å². The Bertz CT molecular complexity index is 349. The van der Waals surface area contributed by atoms with E-state index in [9.17, 15) is 4.39 Å². The van der Waals surface area contributed by atoms with Gasteiger partial charge in [0.25, 0.3) is 0 Å². The van der Waals surface area contributed by atoms with Crippen LogP contribution < -0.4 is 10.1 Å². The Kier molecular flexibility index (Phi) is 3.74. The molecular weight excluding hydrogens is 209 g/mol.